The molecule has 1 fully saturated rings. The topological polar surface area (TPSA) is 72.7 Å². The van der Waals surface area contributed by atoms with Gasteiger partial charge in [-0.3, -0.25) is 4.79 Å². The van der Waals surface area contributed by atoms with Gasteiger partial charge in [0.15, 0.2) is 0 Å². The minimum atomic E-state index is -0.0654. The number of nitrogens with zero attached hydrogens (tertiary/aromatic N) is 4. The Hall–Kier alpha value is -2.67. The average molecular weight is 379 g/mol. The van der Waals surface area contributed by atoms with Gasteiger partial charge in [0.05, 0.1) is 11.8 Å². The van der Waals surface area contributed by atoms with E-state index in [1.54, 1.807) is 0 Å². The molecule has 0 radical (unpaired) electrons. The molecule has 4 rings (SSSR count). The highest BCUT2D eigenvalue weighted by atomic mass is 32.2. The quantitative estimate of drug-likeness (QED) is 0.650. The molecule has 3 aromatic rings. The van der Waals surface area contributed by atoms with Crippen LogP contribution in [-0.2, 0) is 4.79 Å². The first-order chi connectivity index (χ1) is 13.3. The first-order valence-electron chi connectivity index (χ1n) is 9.16. The van der Waals surface area contributed by atoms with E-state index in [0.29, 0.717) is 11.2 Å². The van der Waals surface area contributed by atoms with E-state index in [4.69, 9.17) is 0 Å². The third-order valence-corrected chi connectivity index (χ3v) is 5.68. The van der Waals surface area contributed by atoms with Crippen LogP contribution in [0.3, 0.4) is 0 Å². The van der Waals surface area contributed by atoms with Crippen LogP contribution in [0.4, 0.5) is 5.69 Å². The van der Waals surface area contributed by atoms with Crippen molar-refractivity contribution in [2.24, 2.45) is 0 Å². The Kier molecular flexibility index (Phi) is 5.48. The number of nitrogens with one attached hydrogen (secondary N) is 1. The Morgan fingerprint density at radius 2 is 1.81 bits per heavy atom. The van der Waals surface area contributed by atoms with Gasteiger partial charge in [-0.1, -0.05) is 73.1 Å². The molecular weight excluding hydrogens is 358 g/mol. The van der Waals surface area contributed by atoms with Crippen LogP contribution in [0, 0.1) is 0 Å². The second-order valence-electron chi connectivity index (χ2n) is 6.59. The first kappa shape index (κ1) is 17.7. The largest absolute Gasteiger partial charge is 0.325 e. The number of anilines is 1. The minimum absolute atomic E-state index is 0.0654. The fourth-order valence-electron chi connectivity index (χ4n) is 3.44. The van der Waals surface area contributed by atoms with Crippen molar-refractivity contribution in [2.45, 2.75) is 36.9 Å². The molecule has 1 heterocycles. The van der Waals surface area contributed by atoms with Crippen LogP contribution >= 0.6 is 11.8 Å². The van der Waals surface area contributed by atoms with E-state index < -0.39 is 0 Å². The maximum Gasteiger partial charge on any atom is 0.234 e. The van der Waals surface area contributed by atoms with Crippen molar-refractivity contribution in [3.63, 3.8) is 0 Å². The molecule has 1 amide bonds. The Morgan fingerprint density at radius 3 is 2.63 bits per heavy atom. The van der Waals surface area contributed by atoms with Crippen LogP contribution in [0.25, 0.3) is 11.1 Å². The lowest BCUT2D eigenvalue weighted by atomic mass is 10.0. The van der Waals surface area contributed by atoms with Gasteiger partial charge in [-0.25, -0.2) is 4.68 Å². The molecule has 0 atom stereocenters. The molecule has 1 saturated carbocycles. The van der Waals surface area contributed by atoms with Crippen LogP contribution < -0.4 is 5.32 Å². The number of aromatic nitrogens is 4. The highest BCUT2D eigenvalue weighted by Gasteiger charge is 2.22. The highest BCUT2D eigenvalue weighted by molar-refractivity contribution is 7.99. The summed E-state index contributed by atoms with van der Waals surface area (Å²) in [6.07, 6.45) is 4.64. The third kappa shape index (κ3) is 4.19. The lowest BCUT2D eigenvalue weighted by Crippen LogP contribution is -2.16. The zero-order valence-electron chi connectivity index (χ0n) is 14.9. The number of carbonyl (C=O) groups excluding carboxylic acids is 1. The molecule has 0 spiro atoms. The number of amides is 1. The number of hydrogen-bond acceptors (Lipinski definition) is 5. The zero-order valence-corrected chi connectivity index (χ0v) is 15.7. The Morgan fingerprint density at radius 1 is 1.07 bits per heavy atom. The number of carbonyl (C=O) groups is 1. The number of benzene rings is 2. The van der Waals surface area contributed by atoms with E-state index in [-0.39, 0.29) is 11.7 Å². The van der Waals surface area contributed by atoms with E-state index in [1.807, 2.05) is 59.3 Å². The second kappa shape index (κ2) is 8.35. The molecule has 2 aromatic carbocycles. The summed E-state index contributed by atoms with van der Waals surface area (Å²) in [6.45, 7) is 0. The van der Waals surface area contributed by atoms with Crippen LogP contribution in [0.5, 0.6) is 0 Å². The molecule has 6 nitrogen and oxygen atoms in total. The van der Waals surface area contributed by atoms with Crippen molar-refractivity contribution in [3.05, 3.63) is 54.6 Å². The van der Waals surface area contributed by atoms with Gasteiger partial charge in [0, 0.05) is 11.3 Å². The molecule has 1 aromatic heterocycles. The maximum absolute atomic E-state index is 12.5. The Balaban J connectivity index is 1.42. The third-order valence-electron chi connectivity index (χ3n) is 4.75. The summed E-state index contributed by atoms with van der Waals surface area (Å²) < 4.78 is 1.88. The lowest BCUT2D eigenvalue weighted by Gasteiger charge is -2.12. The molecule has 7 heteroatoms. The number of hydrogen-bond donors (Lipinski definition) is 1. The van der Waals surface area contributed by atoms with Crippen LogP contribution in [0.1, 0.15) is 31.7 Å². The Bertz CT molecular complexity index is 906. The maximum atomic E-state index is 12.5. The summed E-state index contributed by atoms with van der Waals surface area (Å²) in [7, 11) is 0. The summed E-state index contributed by atoms with van der Waals surface area (Å²) >= 11 is 1.38. The summed E-state index contributed by atoms with van der Waals surface area (Å²) in [6, 6.07) is 18.2. The molecule has 1 aliphatic rings. The number of tetrazole rings is 1. The van der Waals surface area contributed by atoms with Gasteiger partial charge >= 0.3 is 0 Å². The van der Waals surface area contributed by atoms with E-state index in [9.17, 15) is 4.79 Å². The van der Waals surface area contributed by atoms with Crippen LogP contribution in [0.15, 0.2) is 59.8 Å². The van der Waals surface area contributed by atoms with Crippen molar-refractivity contribution >= 4 is 23.4 Å². The Labute approximate surface area is 162 Å². The molecule has 0 aliphatic heterocycles. The molecule has 0 saturated heterocycles. The summed E-state index contributed by atoms with van der Waals surface area (Å²) in [5.41, 5.74) is 2.89. The summed E-state index contributed by atoms with van der Waals surface area (Å²) in [5, 5.41) is 15.7. The van der Waals surface area contributed by atoms with E-state index in [0.717, 1.165) is 29.7 Å². The monoisotopic (exact) mass is 379 g/mol. The number of thioether (sulfide) groups is 1. The van der Waals surface area contributed by atoms with E-state index in [2.05, 4.69) is 20.8 Å². The predicted octanol–water partition coefficient (Wildman–Crippen LogP) is 4.19. The predicted molar refractivity (Wildman–Crippen MR) is 107 cm³/mol. The van der Waals surface area contributed by atoms with Crippen molar-refractivity contribution in [2.75, 3.05) is 11.1 Å². The molecule has 1 aliphatic carbocycles. The molecular formula is C20H21N5OS. The summed E-state index contributed by atoms with van der Waals surface area (Å²) in [5.74, 6) is 0.209. The standard InChI is InChI=1S/C20H21N5OS/c26-19(14-27-20-22-23-24-25(20)16-10-4-5-11-16)21-18-13-7-6-12-17(18)15-8-2-1-3-9-15/h1-3,6-9,12-13,16H,4-5,10-11,14H2,(H,21,26). The summed E-state index contributed by atoms with van der Waals surface area (Å²) in [4.78, 5) is 12.5. The van der Waals surface area contributed by atoms with Crippen LogP contribution in [-0.4, -0.2) is 31.9 Å². The van der Waals surface area contributed by atoms with Crippen molar-refractivity contribution in [3.8, 4) is 11.1 Å². The average Bonchev–Trinajstić information content (AvgIpc) is 3.39. The van der Waals surface area contributed by atoms with Crippen molar-refractivity contribution in [1.82, 2.24) is 20.2 Å². The van der Waals surface area contributed by atoms with Gasteiger partial charge in [0.25, 0.3) is 0 Å². The van der Waals surface area contributed by atoms with E-state index in [1.165, 1.54) is 24.6 Å². The SMILES string of the molecule is O=C(CSc1nnnn1C1CCCC1)Nc1ccccc1-c1ccccc1. The zero-order chi connectivity index (χ0) is 18.5. The van der Waals surface area contributed by atoms with Gasteiger partial charge in [0.2, 0.25) is 11.1 Å². The minimum Gasteiger partial charge on any atom is -0.325 e. The van der Waals surface area contributed by atoms with Crippen molar-refractivity contribution < 1.29 is 4.79 Å². The second-order valence-corrected chi connectivity index (χ2v) is 7.54. The first-order valence-corrected chi connectivity index (χ1v) is 10.1. The smallest absolute Gasteiger partial charge is 0.234 e. The fraction of sp³-hybridized carbons (Fsp3) is 0.300. The highest BCUT2D eigenvalue weighted by Crippen LogP contribution is 2.32. The molecule has 0 unspecified atom stereocenters. The van der Waals surface area contributed by atoms with Gasteiger partial charge in [-0.15, -0.1) is 5.10 Å². The normalized spacial score (nSPS) is 14.4. The van der Waals surface area contributed by atoms with Crippen LogP contribution in [0.2, 0.25) is 0 Å². The van der Waals surface area contributed by atoms with Gasteiger partial charge in [0.1, 0.15) is 0 Å². The van der Waals surface area contributed by atoms with E-state index >= 15 is 0 Å². The molecule has 138 valence electrons. The van der Waals surface area contributed by atoms with Gasteiger partial charge in [-0.2, -0.15) is 0 Å². The molecule has 0 bridgehead atoms. The molecule has 27 heavy (non-hydrogen) atoms. The number of para-hydroxylation sites is 1. The lowest BCUT2D eigenvalue weighted by molar-refractivity contribution is -0.113. The van der Waals surface area contributed by atoms with Gasteiger partial charge in [-0.05, 0) is 34.9 Å². The van der Waals surface area contributed by atoms with Crippen molar-refractivity contribution in [1.29, 1.82) is 0 Å². The molecule has 1 N–H and O–H groups in total. The van der Waals surface area contributed by atoms with Gasteiger partial charge < -0.3 is 5.32 Å². The number of rotatable bonds is 6. The fourth-order valence-corrected chi connectivity index (χ4v) is 4.18.